The Morgan fingerprint density at radius 3 is 2.83 bits per heavy atom. The van der Waals surface area contributed by atoms with Gasteiger partial charge in [0.1, 0.15) is 11.3 Å². The third kappa shape index (κ3) is 3.63. The molecular formula is C11H14N2O4S. The molecule has 1 rings (SSSR count). The predicted octanol–water partition coefficient (Wildman–Crippen LogP) is 1.78. The van der Waals surface area contributed by atoms with E-state index in [1.165, 1.54) is 6.07 Å². The van der Waals surface area contributed by atoms with Crippen LogP contribution in [-0.4, -0.2) is 34.0 Å². The fourth-order valence-electron chi connectivity index (χ4n) is 1.46. The second kappa shape index (κ2) is 6.25. The molecule has 0 aliphatic heterocycles. The number of nitrogens with zero attached hydrogens (tertiary/aromatic N) is 1. The highest BCUT2D eigenvalue weighted by Gasteiger charge is 2.21. The zero-order valence-electron chi connectivity index (χ0n) is 10.0. The summed E-state index contributed by atoms with van der Waals surface area (Å²) in [6.07, 6.45) is 1.90. The first-order valence-electron chi connectivity index (χ1n) is 5.23. The number of rotatable bonds is 5. The summed E-state index contributed by atoms with van der Waals surface area (Å²) in [5.74, 6) is -0.0272. The molecule has 0 bridgehead atoms. The monoisotopic (exact) mass is 270 g/mol. The average Bonchev–Trinajstić information content (AvgIpc) is 2.28. The van der Waals surface area contributed by atoms with Gasteiger partial charge in [0.25, 0.3) is 11.6 Å². The zero-order chi connectivity index (χ0) is 13.7. The second-order valence-corrected chi connectivity index (χ2v) is 4.70. The van der Waals surface area contributed by atoms with Gasteiger partial charge >= 0.3 is 0 Å². The largest absolute Gasteiger partial charge is 0.508 e. The summed E-state index contributed by atoms with van der Waals surface area (Å²) in [7, 11) is 0. The molecule has 1 amide bonds. The maximum atomic E-state index is 11.9. The molecule has 0 aromatic heterocycles. The van der Waals surface area contributed by atoms with Gasteiger partial charge in [0.15, 0.2) is 0 Å². The second-order valence-electron chi connectivity index (χ2n) is 3.79. The molecule has 0 aliphatic carbocycles. The summed E-state index contributed by atoms with van der Waals surface area (Å²) < 4.78 is 0. The van der Waals surface area contributed by atoms with E-state index in [1.807, 2.05) is 13.2 Å². The van der Waals surface area contributed by atoms with Crippen molar-refractivity contribution in [1.82, 2.24) is 5.32 Å². The van der Waals surface area contributed by atoms with Crippen molar-refractivity contribution < 1.29 is 14.8 Å². The molecule has 0 heterocycles. The Hall–Kier alpha value is -1.76. The van der Waals surface area contributed by atoms with Crippen molar-refractivity contribution in [1.29, 1.82) is 0 Å². The van der Waals surface area contributed by atoms with E-state index in [-0.39, 0.29) is 23.0 Å². The summed E-state index contributed by atoms with van der Waals surface area (Å²) in [4.78, 5) is 22.0. The molecule has 0 saturated carbocycles. The molecule has 0 aliphatic rings. The molecule has 1 atom stereocenters. The SMILES string of the molecule is CSCC(C)NC(=O)c1cc(O)ccc1[N+](=O)[O-]. The van der Waals surface area contributed by atoms with E-state index in [2.05, 4.69) is 5.32 Å². The maximum Gasteiger partial charge on any atom is 0.282 e. The van der Waals surface area contributed by atoms with Gasteiger partial charge < -0.3 is 10.4 Å². The van der Waals surface area contributed by atoms with Crippen LogP contribution in [0.3, 0.4) is 0 Å². The average molecular weight is 270 g/mol. The number of amides is 1. The third-order valence-electron chi connectivity index (χ3n) is 2.22. The molecule has 1 aromatic rings. The Bertz CT molecular complexity index is 464. The van der Waals surface area contributed by atoms with E-state index in [0.717, 1.165) is 12.1 Å². The zero-order valence-corrected chi connectivity index (χ0v) is 10.9. The Morgan fingerprint density at radius 1 is 1.61 bits per heavy atom. The Morgan fingerprint density at radius 2 is 2.28 bits per heavy atom. The van der Waals surface area contributed by atoms with E-state index >= 15 is 0 Å². The first kappa shape index (κ1) is 14.3. The highest BCUT2D eigenvalue weighted by molar-refractivity contribution is 7.98. The van der Waals surface area contributed by atoms with Gasteiger partial charge in [0.2, 0.25) is 0 Å². The van der Waals surface area contributed by atoms with E-state index < -0.39 is 10.8 Å². The fraction of sp³-hybridized carbons (Fsp3) is 0.364. The van der Waals surface area contributed by atoms with Crippen molar-refractivity contribution in [2.24, 2.45) is 0 Å². The number of aromatic hydroxyl groups is 1. The number of phenols is 1. The number of nitro groups is 1. The molecule has 0 radical (unpaired) electrons. The Kier molecular flexibility index (Phi) is 4.96. The highest BCUT2D eigenvalue weighted by atomic mass is 32.2. The molecular weight excluding hydrogens is 256 g/mol. The van der Waals surface area contributed by atoms with E-state index in [9.17, 15) is 20.0 Å². The lowest BCUT2D eigenvalue weighted by Crippen LogP contribution is -2.34. The van der Waals surface area contributed by atoms with Crippen LogP contribution in [-0.2, 0) is 0 Å². The first-order chi connectivity index (χ1) is 8.45. The van der Waals surface area contributed by atoms with E-state index in [1.54, 1.807) is 11.8 Å². The molecule has 2 N–H and O–H groups in total. The van der Waals surface area contributed by atoms with Gasteiger partial charge in [-0.3, -0.25) is 14.9 Å². The van der Waals surface area contributed by atoms with Crippen LogP contribution in [0.5, 0.6) is 5.75 Å². The van der Waals surface area contributed by atoms with Crippen LogP contribution < -0.4 is 5.32 Å². The number of thioether (sulfide) groups is 1. The minimum atomic E-state index is -0.645. The summed E-state index contributed by atoms with van der Waals surface area (Å²) in [5, 5.41) is 22.7. The van der Waals surface area contributed by atoms with Gasteiger partial charge in [-0.15, -0.1) is 0 Å². The van der Waals surface area contributed by atoms with Crippen molar-refractivity contribution in [3.8, 4) is 5.75 Å². The van der Waals surface area contributed by atoms with Gasteiger partial charge in [-0.2, -0.15) is 11.8 Å². The number of hydrogen-bond acceptors (Lipinski definition) is 5. The molecule has 7 heteroatoms. The number of carbonyl (C=O) groups excluding carboxylic acids is 1. The molecule has 0 saturated heterocycles. The van der Waals surface area contributed by atoms with Crippen molar-refractivity contribution in [2.75, 3.05) is 12.0 Å². The number of nitrogens with one attached hydrogen (secondary N) is 1. The van der Waals surface area contributed by atoms with Gasteiger partial charge in [0, 0.05) is 17.9 Å². The van der Waals surface area contributed by atoms with Crippen molar-refractivity contribution >= 4 is 23.4 Å². The van der Waals surface area contributed by atoms with Crippen molar-refractivity contribution in [3.63, 3.8) is 0 Å². The van der Waals surface area contributed by atoms with Crippen LogP contribution in [0, 0.1) is 10.1 Å². The first-order valence-corrected chi connectivity index (χ1v) is 6.62. The molecule has 0 spiro atoms. The minimum absolute atomic E-state index is 0.102. The Balaban J connectivity index is 2.97. The molecule has 6 nitrogen and oxygen atoms in total. The van der Waals surface area contributed by atoms with Gasteiger partial charge in [-0.05, 0) is 25.3 Å². The van der Waals surface area contributed by atoms with Gasteiger partial charge in [-0.25, -0.2) is 0 Å². The smallest absolute Gasteiger partial charge is 0.282 e. The highest BCUT2D eigenvalue weighted by Crippen LogP contribution is 2.23. The lowest BCUT2D eigenvalue weighted by atomic mass is 10.1. The number of carbonyl (C=O) groups is 1. The van der Waals surface area contributed by atoms with Crippen LogP contribution in [0.25, 0.3) is 0 Å². The normalized spacial score (nSPS) is 11.9. The lowest BCUT2D eigenvalue weighted by molar-refractivity contribution is -0.385. The van der Waals surface area contributed by atoms with Crippen LogP contribution in [0.15, 0.2) is 18.2 Å². The molecule has 1 aromatic carbocycles. The van der Waals surface area contributed by atoms with Crippen LogP contribution in [0.2, 0.25) is 0 Å². The van der Waals surface area contributed by atoms with E-state index in [4.69, 9.17) is 0 Å². The number of nitro benzene ring substituents is 1. The third-order valence-corrected chi connectivity index (χ3v) is 3.05. The fourth-order valence-corrected chi connectivity index (χ4v) is 2.04. The molecule has 0 fully saturated rings. The Labute approximate surface area is 109 Å². The maximum absolute atomic E-state index is 11.9. The number of hydrogen-bond donors (Lipinski definition) is 2. The lowest BCUT2D eigenvalue weighted by Gasteiger charge is -2.12. The number of benzene rings is 1. The summed E-state index contributed by atoms with van der Waals surface area (Å²) >= 11 is 1.56. The van der Waals surface area contributed by atoms with Crippen LogP contribution >= 0.6 is 11.8 Å². The summed E-state index contributed by atoms with van der Waals surface area (Å²) in [6, 6.07) is 3.29. The van der Waals surface area contributed by atoms with Gasteiger partial charge in [-0.1, -0.05) is 0 Å². The molecule has 98 valence electrons. The molecule has 1 unspecified atom stereocenters. The predicted molar refractivity (Wildman–Crippen MR) is 70.1 cm³/mol. The summed E-state index contributed by atoms with van der Waals surface area (Å²) in [5.41, 5.74) is -0.449. The molecule has 18 heavy (non-hydrogen) atoms. The van der Waals surface area contributed by atoms with Crippen LogP contribution in [0.4, 0.5) is 5.69 Å². The number of phenolic OH excluding ortho intramolecular Hbond substituents is 1. The topological polar surface area (TPSA) is 92.5 Å². The standard InChI is InChI=1S/C11H14N2O4S/c1-7(6-18-2)12-11(15)9-5-8(14)3-4-10(9)13(16)17/h3-5,7,14H,6H2,1-2H3,(H,12,15). The quantitative estimate of drug-likeness (QED) is 0.628. The minimum Gasteiger partial charge on any atom is -0.508 e. The van der Waals surface area contributed by atoms with E-state index in [0.29, 0.717) is 5.75 Å². The van der Waals surface area contributed by atoms with Gasteiger partial charge in [0.05, 0.1) is 4.92 Å². The van der Waals surface area contributed by atoms with Crippen molar-refractivity contribution in [2.45, 2.75) is 13.0 Å². The van der Waals surface area contributed by atoms with Crippen LogP contribution in [0.1, 0.15) is 17.3 Å². The summed E-state index contributed by atoms with van der Waals surface area (Å²) in [6.45, 7) is 1.81. The van der Waals surface area contributed by atoms with Crippen molar-refractivity contribution in [3.05, 3.63) is 33.9 Å².